The minimum atomic E-state index is -0.00874. The molecule has 15 heavy (non-hydrogen) atoms. The molecule has 1 aromatic carbocycles. The summed E-state index contributed by atoms with van der Waals surface area (Å²) >= 11 is 3.18. The van der Waals surface area contributed by atoms with E-state index in [1.807, 2.05) is 25.1 Å². The predicted molar refractivity (Wildman–Crippen MR) is 65.6 cm³/mol. The van der Waals surface area contributed by atoms with Gasteiger partial charge in [0.1, 0.15) is 5.78 Å². The molecule has 0 saturated heterocycles. The third kappa shape index (κ3) is 2.38. The Balaban J connectivity index is 2.26. The maximum Gasteiger partial charge on any atom is 0.151 e. The summed E-state index contributed by atoms with van der Waals surface area (Å²) in [6.45, 7) is 3.53. The molecule has 0 fully saturated rings. The van der Waals surface area contributed by atoms with E-state index >= 15 is 0 Å². The lowest BCUT2D eigenvalue weighted by atomic mass is 10.3. The highest BCUT2D eigenvalue weighted by molar-refractivity contribution is 8.02. The average molecular weight is 237 g/mol. The lowest BCUT2D eigenvalue weighted by Crippen LogP contribution is -2.07. The molecule has 0 saturated carbocycles. The Kier molecular flexibility index (Phi) is 3.07. The van der Waals surface area contributed by atoms with Crippen molar-refractivity contribution in [1.82, 2.24) is 4.98 Å². The number of thioether (sulfide) groups is 1. The van der Waals surface area contributed by atoms with Crippen LogP contribution in [0.5, 0.6) is 0 Å². The molecule has 1 unspecified atom stereocenters. The molecule has 0 aliphatic carbocycles. The smallest absolute Gasteiger partial charge is 0.151 e. The van der Waals surface area contributed by atoms with Gasteiger partial charge in [-0.15, -0.1) is 11.3 Å². The zero-order valence-corrected chi connectivity index (χ0v) is 10.2. The second-order valence-corrected chi connectivity index (χ2v) is 5.94. The second-order valence-electron chi connectivity index (χ2n) is 3.32. The van der Waals surface area contributed by atoms with Crippen molar-refractivity contribution >= 4 is 39.1 Å². The van der Waals surface area contributed by atoms with Crippen molar-refractivity contribution in [3.63, 3.8) is 0 Å². The minimum absolute atomic E-state index is 0.00874. The van der Waals surface area contributed by atoms with Crippen molar-refractivity contribution < 1.29 is 4.79 Å². The summed E-state index contributed by atoms with van der Waals surface area (Å²) < 4.78 is 2.15. The zero-order valence-electron chi connectivity index (χ0n) is 8.56. The summed E-state index contributed by atoms with van der Waals surface area (Å²) in [6.07, 6.45) is 0. The normalized spacial score (nSPS) is 12.9. The number of hydrogen-bond donors (Lipinski definition) is 0. The summed E-state index contributed by atoms with van der Waals surface area (Å²) in [4.78, 5) is 15.6. The van der Waals surface area contributed by atoms with Crippen LogP contribution in [0.15, 0.2) is 28.6 Å². The number of benzene rings is 1. The first-order chi connectivity index (χ1) is 7.16. The minimum Gasteiger partial charge on any atom is -0.299 e. The molecule has 1 heterocycles. The number of ketones is 1. The van der Waals surface area contributed by atoms with Crippen molar-refractivity contribution in [2.75, 3.05) is 0 Å². The van der Waals surface area contributed by atoms with Gasteiger partial charge < -0.3 is 0 Å². The van der Waals surface area contributed by atoms with Gasteiger partial charge in [0.15, 0.2) is 4.34 Å². The van der Waals surface area contributed by atoms with E-state index in [-0.39, 0.29) is 11.0 Å². The molecular weight excluding hydrogens is 226 g/mol. The van der Waals surface area contributed by atoms with Gasteiger partial charge in [0.05, 0.1) is 15.5 Å². The van der Waals surface area contributed by atoms with E-state index in [0.717, 1.165) is 9.86 Å². The van der Waals surface area contributed by atoms with E-state index in [0.29, 0.717) is 0 Å². The molecule has 0 aliphatic heterocycles. The Morgan fingerprint density at radius 2 is 2.20 bits per heavy atom. The molecule has 2 nitrogen and oxygen atoms in total. The maximum atomic E-state index is 11.1. The Bertz CT molecular complexity index is 459. The van der Waals surface area contributed by atoms with Crippen LogP contribution in [0.1, 0.15) is 13.8 Å². The molecule has 0 amide bonds. The van der Waals surface area contributed by atoms with Crippen LogP contribution < -0.4 is 0 Å². The van der Waals surface area contributed by atoms with Crippen LogP contribution in [0.25, 0.3) is 10.2 Å². The van der Waals surface area contributed by atoms with Crippen LogP contribution >= 0.6 is 23.1 Å². The third-order valence-electron chi connectivity index (χ3n) is 2.12. The quantitative estimate of drug-likeness (QED) is 0.767. The van der Waals surface area contributed by atoms with Crippen molar-refractivity contribution in [2.24, 2.45) is 0 Å². The fourth-order valence-electron chi connectivity index (χ4n) is 1.14. The molecule has 1 atom stereocenters. The Morgan fingerprint density at radius 1 is 1.47 bits per heavy atom. The van der Waals surface area contributed by atoms with Gasteiger partial charge in [-0.3, -0.25) is 4.79 Å². The van der Waals surface area contributed by atoms with E-state index in [1.165, 1.54) is 16.5 Å². The second kappa shape index (κ2) is 4.33. The molecule has 0 radical (unpaired) electrons. The van der Waals surface area contributed by atoms with Crippen molar-refractivity contribution in [2.45, 2.75) is 23.4 Å². The SMILES string of the molecule is CC(=O)C(C)Sc1nc2ccccc2s1. The van der Waals surface area contributed by atoms with Crippen LogP contribution in [0.3, 0.4) is 0 Å². The summed E-state index contributed by atoms with van der Waals surface area (Å²) in [6, 6.07) is 8.03. The first kappa shape index (κ1) is 10.6. The largest absolute Gasteiger partial charge is 0.299 e. The number of carbonyl (C=O) groups excluding carboxylic acids is 1. The van der Waals surface area contributed by atoms with Crippen molar-refractivity contribution in [3.05, 3.63) is 24.3 Å². The number of thiazole rings is 1. The van der Waals surface area contributed by atoms with Gasteiger partial charge in [-0.1, -0.05) is 23.9 Å². The Labute approximate surface area is 96.7 Å². The fourth-order valence-corrected chi connectivity index (χ4v) is 3.35. The molecule has 4 heteroatoms. The number of carbonyl (C=O) groups is 1. The van der Waals surface area contributed by atoms with Crippen LogP contribution in [0.4, 0.5) is 0 Å². The number of para-hydroxylation sites is 1. The van der Waals surface area contributed by atoms with Gasteiger partial charge in [0.25, 0.3) is 0 Å². The number of Topliss-reactive ketones (excluding diaryl/α,β-unsaturated/α-hetero) is 1. The standard InChI is InChI=1S/C11H11NOS2/c1-7(13)8(2)14-11-12-9-5-3-4-6-10(9)15-11/h3-6,8H,1-2H3. The van der Waals surface area contributed by atoms with Gasteiger partial charge in [0.2, 0.25) is 0 Å². The number of rotatable bonds is 3. The Hall–Kier alpha value is -0.870. The van der Waals surface area contributed by atoms with Gasteiger partial charge in [-0.05, 0) is 26.0 Å². The van der Waals surface area contributed by atoms with E-state index < -0.39 is 0 Å². The highest BCUT2D eigenvalue weighted by atomic mass is 32.2. The maximum absolute atomic E-state index is 11.1. The van der Waals surface area contributed by atoms with Gasteiger partial charge in [-0.25, -0.2) is 4.98 Å². The summed E-state index contributed by atoms with van der Waals surface area (Å²) in [5.74, 6) is 0.194. The summed E-state index contributed by atoms with van der Waals surface area (Å²) in [5.41, 5.74) is 1.01. The van der Waals surface area contributed by atoms with Crippen LogP contribution in [-0.2, 0) is 4.79 Å². The molecule has 2 aromatic rings. The highest BCUT2D eigenvalue weighted by Crippen LogP contribution is 2.31. The molecule has 0 N–H and O–H groups in total. The van der Waals surface area contributed by atoms with Gasteiger partial charge in [0, 0.05) is 0 Å². The monoisotopic (exact) mass is 237 g/mol. The first-order valence-corrected chi connectivity index (χ1v) is 6.39. The summed E-state index contributed by atoms with van der Waals surface area (Å²) in [5, 5.41) is -0.00874. The first-order valence-electron chi connectivity index (χ1n) is 4.69. The average Bonchev–Trinajstić information content (AvgIpc) is 2.59. The number of nitrogens with zero attached hydrogens (tertiary/aromatic N) is 1. The Morgan fingerprint density at radius 3 is 2.87 bits per heavy atom. The van der Waals surface area contributed by atoms with E-state index in [4.69, 9.17) is 0 Å². The topological polar surface area (TPSA) is 30.0 Å². The molecular formula is C11H11NOS2. The summed E-state index contributed by atoms with van der Waals surface area (Å²) in [7, 11) is 0. The number of fused-ring (bicyclic) bond motifs is 1. The van der Waals surface area contributed by atoms with E-state index in [1.54, 1.807) is 18.3 Å². The fraction of sp³-hybridized carbons (Fsp3) is 0.273. The lowest BCUT2D eigenvalue weighted by molar-refractivity contribution is -0.116. The van der Waals surface area contributed by atoms with E-state index in [9.17, 15) is 4.79 Å². The van der Waals surface area contributed by atoms with Crippen LogP contribution in [-0.4, -0.2) is 16.0 Å². The van der Waals surface area contributed by atoms with Crippen LogP contribution in [0.2, 0.25) is 0 Å². The van der Waals surface area contributed by atoms with Gasteiger partial charge in [-0.2, -0.15) is 0 Å². The molecule has 0 bridgehead atoms. The predicted octanol–water partition coefficient (Wildman–Crippen LogP) is 3.37. The van der Waals surface area contributed by atoms with E-state index in [2.05, 4.69) is 11.1 Å². The number of hydrogen-bond acceptors (Lipinski definition) is 4. The van der Waals surface area contributed by atoms with Gasteiger partial charge >= 0.3 is 0 Å². The molecule has 0 aliphatic rings. The lowest BCUT2D eigenvalue weighted by Gasteiger charge is -2.02. The molecule has 0 spiro atoms. The van der Waals surface area contributed by atoms with Crippen LogP contribution in [0, 0.1) is 0 Å². The van der Waals surface area contributed by atoms with Crippen molar-refractivity contribution in [3.8, 4) is 0 Å². The molecule has 1 aromatic heterocycles. The highest BCUT2D eigenvalue weighted by Gasteiger charge is 2.12. The number of aromatic nitrogens is 1. The molecule has 2 rings (SSSR count). The zero-order chi connectivity index (χ0) is 10.8. The van der Waals surface area contributed by atoms with Crippen molar-refractivity contribution in [1.29, 1.82) is 0 Å². The molecule has 78 valence electrons. The third-order valence-corrected chi connectivity index (χ3v) is 4.47.